The molecule has 0 unspecified atom stereocenters. The molecule has 0 atom stereocenters. The van der Waals surface area contributed by atoms with Gasteiger partial charge in [0.15, 0.2) is 0 Å². The first kappa shape index (κ1) is 13.9. The summed E-state index contributed by atoms with van der Waals surface area (Å²) >= 11 is 4.86. The van der Waals surface area contributed by atoms with Crippen molar-refractivity contribution in [1.29, 1.82) is 5.26 Å². The maximum absolute atomic E-state index is 13.1. The largest absolute Gasteiger partial charge is 0.236 e. The van der Waals surface area contributed by atoms with Gasteiger partial charge < -0.3 is 0 Å². The predicted molar refractivity (Wildman–Crippen MR) is 85.4 cm³/mol. The second-order valence-electron chi connectivity index (χ2n) is 4.35. The van der Waals surface area contributed by atoms with Gasteiger partial charge in [-0.3, -0.25) is 0 Å². The van der Waals surface area contributed by atoms with Crippen molar-refractivity contribution >= 4 is 27.3 Å². The van der Waals surface area contributed by atoms with E-state index in [4.69, 9.17) is 5.26 Å². The molecule has 0 aliphatic carbocycles. The van der Waals surface area contributed by atoms with Crippen LogP contribution < -0.4 is 0 Å². The molecule has 102 valence electrons. The first-order valence-corrected chi connectivity index (χ1v) is 7.76. The van der Waals surface area contributed by atoms with Gasteiger partial charge in [0.05, 0.1) is 17.3 Å². The monoisotopic (exact) mass is 358 g/mol. The zero-order valence-corrected chi connectivity index (χ0v) is 13.1. The van der Waals surface area contributed by atoms with Gasteiger partial charge in [-0.1, -0.05) is 12.1 Å². The SMILES string of the molecule is N#Cc1ccc(-c2csc(-c3ccc(F)cc3Br)n2)cc1. The van der Waals surface area contributed by atoms with Crippen LogP contribution >= 0.6 is 27.3 Å². The number of nitrogens with zero attached hydrogens (tertiary/aromatic N) is 2. The highest BCUT2D eigenvalue weighted by Gasteiger charge is 2.10. The zero-order chi connectivity index (χ0) is 14.8. The van der Waals surface area contributed by atoms with Crippen LogP contribution in [0, 0.1) is 17.1 Å². The third-order valence-electron chi connectivity index (χ3n) is 2.98. The number of benzene rings is 2. The number of aromatic nitrogens is 1. The molecular weight excluding hydrogens is 351 g/mol. The molecule has 0 fully saturated rings. The first-order valence-electron chi connectivity index (χ1n) is 6.09. The summed E-state index contributed by atoms with van der Waals surface area (Å²) in [6, 6.07) is 13.9. The van der Waals surface area contributed by atoms with Crippen LogP contribution in [-0.2, 0) is 0 Å². The van der Waals surface area contributed by atoms with Gasteiger partial charge in [0, 0.05) is 21.0 Å². The van der Waals surface area contributed by atoms with E-state index in [0.29, 0.717) is 10.0 Å². The summed E-state index contributed by atoms with van der Waals surface area (Å²) in [5.41, 5.74) is 3.28. The first-order chi connectivity index (χ1) is 10.2. The van der Waals surface area contributed by atoms with Crippen LogP contribution in [-0.4, -0.2) is 4.98 Å². The van der Waals surface area contributed by atoms with Crippen molar-refractivity contribution in [3.05, 3.63) is 63.7 Å². The summed E-state index contributed by atoms with van der Waals surface area (Å²) in [5.74, 6) is -0.283. The molecule has 0 radical (unpaired) electrons. The molecule has 1 aromatic heterocycles. The Hall–Kier alpha value is -2.03. The van der Waals surface area contributed by atoms with Gasteiger partial charge >= 0.3 is 0 Å². The number of rotatable bonds is 2. The number of nitriles is 1. The Balaban J connectivity index is 1.97. The normalized spacial score (nSPS) is 10.3. The van der Waals surface area contributed by atoms with Crippen LogP contribution in [0.3, 0.4) is 0 Å². The van der Waals surface area contributed by atoms with Crippen LogP contribution in [0.2, 0.25) is 0 Å². The van der Waals surface area contributed by atoms with Crippen molar-refractivity contribution in [1.82, 2.24) is 4.98 Å². The molecule has 0 amide bonds. The van der Waals surface area contributed by atoms with Crippen LogP contribution in [0.4, 0.5) is 4.39 Å². The van der Waals surface area contributed by atoms with Crippen molar-refractivity contribution in [2.75, 3.05) is 0 Å². The maximum Gasteiger partial charge on any atom is 0.125 e. The molecule has 21 heavy (non-hydrogen) atoms. The lowest BCUT2D eigenvalue weighted by Gasteiger charge is -2.00. The Morgan fingerprint density at radius 3 is 2.57 bits per heavy atom. The average molecular weight is 359 g/mol. The van der Waals surface area contributed by atoms with Gasteiger partial charge in [0.1, 0.15) is 10.8 Å². The van der Waals surface area contributed by atoms with Crippen LogP contribution in [0.25, 0.3) is 21.8 Å². The van der Waals surface area contributed by atoms with Crippen molar-refractivity contribution in [2.45, 2.75) is 0 Å². The second-order valence-corrected chi connectivity index (χ2v) is 6.06. The molecule has 3 aromatic rings. The predicted octanol–water partition coefficient (Wildman–Crippen LogP) is 5.25. The van der Waals surface area contributed by atoms with Crippen LogP contribution in [0.1, 0.15) is 5.56 Å². The number of thiazole rings is 1. The molecule has 1 heterocycles. The lowest BCUT2D eigenvalue weighted by Crippen LogP contribution is -1.83. The summed E-state index contributed by atoms with van der Waals surface area (Å²) < 4.78 is 13.8. The summed E-state index contributed by atoms with van der Waals surface area (Å²) in [6.45, 7) is 0. The van der Waals surface area contributed by atoms with E-state index in [1.807, 2.05) is 17.5 Å². The Labute approximate surface area is 133 Å². The van der Waals surface area contributed by atoms with E-state index in [1.165, 1.54) is 23.5 Å². The van der Waals surface area contributed by atoms with Crippen molar-refractivity contribution < 1.29 is 4.39 Å². The lowest BCUT2D eigenvalue weighted by molar-refractivity contribution is 0.627. The van der Waals surface area contributed by atoms with Crippen molar-refractivity contribution in [3.63, 3.8) is 0 Å². The molecular formula is C16H8BrFN2S. The van der Waals surface area contributed by atoms with Crippen molar-refractivity contribution in [2.24, 2.45) is 0 Å². The fourth-order valence-electron chi connectivity index (χ4n) is 1.91. The standard InChI is InChI=1S/C16H8BrFN2S/c17-14-7-12(18)5-6-13(14)16-20-15(9-21-16)11-3-1-10(8-19)2-4-11/h1-7,9H. The number of hydrogen-bond acceptors (Lipinski definition) is 3. The molecule has 0 saturated heterocycles. The minimum absolute atomic E-state index is 0.283. The highest BCUT2D eigenvalue weighted by molar-refractivity contribution is 9.10. The maximum atomic E-state index is 13.1. The Bertz CT molecular complexity index is 834. The van der Waals surface area contributed by atoms with E-state index in [-0.39, 0.29) is 5.82 Å². The fraction of sp³-hybridized carbons (Fsp3) is 0. The van der Waals surface area contributed by atoms with Crippen LogP contribution in [0.5, 0.6) is 0 Å². The van der Waals surface area contributed by atoms with E-state index in [9.17, 15) is 4.39 Å². The summed E-state index contributed by atoms with van der Waals surface area (Å²) in [4.78, 5) is 4.58. The van der Waals surface area contributed by atoms with Crippen molar-refractivity contribution in [3.8, 4) is 27.9 Å². The minimum atomic E-state index is -0.283. The van der Waals surface area contributed by atoms with Gasteiger partial charge in [0.25, 0.3) is 0 Å². The van der Waals surface area contributed by atoms with Gasteiger partial charge in [-0.05, 0) is 46.3 Å². The minimum Gasteiger partial charge on any atom is -0.236 e. The number of halogens is 2. The molecule has 0 aliphatic rings. The topological polar surface area (TPSA) is 36.7 Å². The van der Waals surface area contributed by atoms with Crippen LogP contribution in [0.15, 0.2) is 52.3 Å². The Morgan fingerprint density at radius 1 is 1.14 bits per heavy atom. The third kappa shape index (κ3) is 2.87. The molecule has 0 bridgehead atoms. The highest BCUT2D eigenvalue weighted by atomic mass is 79.9. The molecule has 0 saturated carbocycles. The third-order valence-corrected chi connectivity index (χ3v) is 4.51. The van der Waals surface area contributed by atoms with E-state index >= 15 is 0 Å². The van der Waals surface area contributed by atoms with E-state index < -0.39 is 0 Å². The smallest absolute Gasteiger partial charge is 0.125 e. The molecule has 0 spiro atoms. The quantitative estimate of drug-likeness (QED) is 0.627. The van der Waals surface area contributed by atoms with E-state index in [2.05, 4.69) is 27.0 Å². The molecule has 0 aliphatic heterocycles. The zero-order valence-electron chi connectivity index (χ0n) is 10.7. The summed E-state index contributed by atoms with van der Waals surface area (Å²) in [7, 11) is 0. The van der Waals surface area contributed by atoms with E-state index in [0.717, 1.165) is 21.8 Å². The van der Waals surface area contributed by atoms with Gasteiger partial charge in [-0.25, -0.2) is 9.37 Å². The Morgan fingerprint density at radius 2 is 1.90 bits per heavy atom. The molecule has 5 heteroatoms. The molecule has 3 rings (SSSR count). The second kappa shape index (κ2) is 5.76. The van der Waals surface area contributed by atoms with Gasteiger partial charge in [0.2, 0.25) is 0 Å². The summed E-state index contributed by atoms with van der Waals surface area (Å²) in [5, 5.41) is 11.6. The van der Waals surface area contributed by atoms with Gasteiger partial charge in [-0.15, -0.1) is 11.3 Å². The molecule has 0 N–H and O–H groups in total. The average Bonchev–Trinajstić information content (AvgIpc) is 2.97. The molecule has 2 aromatic carbocycles. The van der Waals surface area contributed by atoms with Gasteiger partial charge in [-0.2, -0.15) is 5.26 Å². The highest BCUT2D eigenvalue weighted by Crippen LogP contribution is 2.33. The summed E-state index contributed by atoms with van der Waals surface area (Å²) in [6.07, 6.45) is 0. The molecule has 2 nitrogen and oxygen atoms in total. The Kier molecular flexibility index (Phi) is 3.82. The lowest BCUT2D eigenvalue weighted by atomic mass is 10.1. The number of hydrogen-bond donors (Lipinski definition) is 0. The fourth-order valence-corrected chi connectivity index (χ4v) is 3.45. The van der Waals surface area contributed by atoms with E-state index in [1.54, 1.807) is 18.2 Å².